The molecule has 2 heterocycles. The highest BCUT2D eigenvalue weighted by atomic mass is 16.6. The van der Waals surface area contributed by atoms with Crippen molar-refractivity contribution in [1.29, 1.82) is 5.26 Å². The van der Waals surface area contributed by atoms with Gasteiger partial charge in [0, 0.05) is 6.42 Å². The van der Waals surface area contributed by atoms with Crippen LogP contribution >= 0.6 is 0 Å². The van der Waals surface area contributed by atoms with Crippen molar-refractivity contribution in [1.82, 2.24) is 9.78 Å². The summed E-state index contributed by atoms with van der Waals surface area (Å²) in [5.41, 5.74) is 6.97. The Kier molecular flexibility index (Phi) is 3.92. The predicted octanol–water partition coefficient (Wildman–Crippen LogP) is 1.19. The van der Waals surface area contributed by atoms with E-state index in [2.05, 4.69) is 5.10 Å². The Morgan fingerprint density at radius 3 is 2.71 bits per heavy atom. The molecule has 1 aromatic heterocycles. The van der Waals surface area contributed by atoms with E-state index in [1.807, 2.05) is 6.07 Å². The molecule has 0 radical (unpaired) electrons. The topological polar surface area (TPSA) is 120 Å². The zero-order chi connectivity index (χ0) is 17.3. The van der Waals surface area contributed by atoms with Gasteiger partial charge in [-0.2, -0.15) is 10.4 Å². The second-order valence-corrected chi connectivity index (χ2v) is 5.39. The lowest BCUT2D eigenvalue weighted by Crippen LogP contribution is -2.22. The second-order valence-electron chi connectivity index (χ2n) is 5.39. The fourth-order valence-corrected chi connectivity index (χ4v) is 2.40. The van der Waals surface area contributed by atoms with E-state index in [0.29, 0.717) is 12.1 Å². The van der Waals surface area contributed by atoms with Crippen molar-refractivity contribution in [2.24, 2.45) is 0 Å². The quantitative estimate of drug-likeness (QED) is 0.841. The molecular formula is C16H14N4O4. The third-order valence-corrected chi connectivity index (χ3v) is 3.65. The van der Waals surface area contributed by atoms with Gasteiger partial charge < -0.3 is 15.2 Å². The van der Waals surface area contributed by atoms with Gasteiger partial charge >= 0.3 is 11.9 Å². The molecular weight excluding hydrogens is 312 g/mol. The first-order chi connectivity index (χ1) is 11.5. The summed E-state index contributed by atoms with van der Waals surface area (Å²) in [7, 11) is 0. The van der Waals surface area contributed by atoms with E-state index in [0.717, 1.165) is 0 Å². The lowest BCUT2D eigenvalue weighted by Gasteiger charge is -2.09. The third-order valence-electron chi connectivity index (χ3n) is 3.65. The number of nitriles is 1. The summed E-state index contributed by atoms with van der Waals surface area (Å²) >= 11 is 0. The van der Waals surface area contributed by atoms with Crippen molar-refractivity contribution in [3.05, 3.63) is 41.6 Å². The van der Waals surface area contributed by atoms with Crippen LogP contribution in [0.4, 0.5) is 5.82 Å². The van der Waals surface area contributed by atoms with E-state index in [1.165, 1.54) is 23.0 Å². The Bertz CT molecular complexity index is 835. The Balaban J connectivity index is 1.74. The third kappa shape index (κ3) is 2.79. The summed E-state index contributed by atoms with van der Waals surface area (Å²) in [6, 6.07) is 8.25. The fourth-order valence-electron chi connectivity index (χ4n) is 2.40. The molecule has 0 aliphatic carbocycles. The molecule has 3 rings (SSSR count). The number of rotatable bonds is 3. The number of ether oxygens (including phenoxy) is 2. The summed E-state index contributed by atoms with van der Waals surface area (Å²) in [5, 5.41) is 12.9. The molecule has 0 saturated carbocycles. The zero-order valence-electron chi connectivity index (χ0n) is 12.8. The molecule has 1 aromatic carbocycles. The van der Waals surface area contributed by atoms with Crippen LogP contribution in [0.2, 0.25) is 0 Å². The van der Waals surface area contributed by atoms with Crippen molar-refractivity contribution in [2.45, 2.75) is 25.6 Å². The van der Waals surface area contributed by atoms with E-state index >= 15 is 0 Å². The Hall–Kier alpha value is -3.34. The number of carbonyl (C=O) groups is 2. The van der Waals surface area contributed by atoms with Gasteiger partial charge in [0.25, 0.3) is 0 Å². The van der Waals surface area contributed by atoms with Gasteiger partial charge in [-0.05, 0) is 31.2 Å². The van der Waals surface area contributed by atoms with Gasteiger partial charge in [-0.25, -0.2) is 14.3 Å². The summed E-state index contributed by atoms with van der Waals surface area (Å²) in [6.07, 6.45) is 0.593. The molecule has 8 heteroatoms. The van der Waals surface area contributed by atoms with Crippen molar-refractivity contribution >= 4 is 17.8 Å². The van der Waals surface area contributed by atoms with Gasteiger partial charge in [-0.3, -0.25) is 0 Å². The highest BCUT2D eigenvalue weighted by molar-refractivity contribution is 5.92. The lowest BCUT2D eigenvalue weighted by atomic mass is 10.2. The maximum absolute atomic E-state index is 12.1. The van der Waals surface area contributed by atoms with Crippen LogP contribution in [0.1, 0.15) is 29.3 Å². The van der Waals surface area contributed by atoms with Gasteiger partial charge in [0.05, 0.1) is 17.4 Å². The molecule has 0 spiro atoms. The number of nitrogen functional groups attached to an aromatic ring is 1. The van der Waals surface area contributed by atoms with Crippen LogP contribution in [0, 0.1) is 11.3 Å². The SMILES string of the molecule is C[C@@H]1C[C@H](OC(=O)c2ccc(-n3ncc(C#N)c3N)cc2)C(=O)O1. The number of hydrogen-bond acceptors (Lipinski definition) is 7. The van der Waals surface area contributed by atoms with E-state index < -0.39 is 18.0 Å². The minimum absolute atomic E-state index is 0.218. The number of anilines is 1. The molecule has 1 aliphatic rings. The minimum atomic E-state index is -0.868. The first-order valence-corrected chi connectivity index (χ1v) is 7.25. The molecule has 1 saturated heterocycles. The maximum atomic E-state index is 12.1. The van der Waals surface area contributed by atoms with Crippen LogP contribution < -0.4 is 5.73 Å². The Morgan fingerprint density at radius 2 is 2.17 bits per heavy atom. The smallest absolute Gasteiger partial charge is 0.347 e. The number of nitrogens with two attached hydrogens (primary N) is 1. The van der Waals surface area contributed by atoms with E-state index in [9.17, 15) is 9.59 Å². The van der Waals surface area contributed by atoms with Crippen molar-refractivity contribution in [3.8, 4) is 11.8 Å². The highest BCUT2D eigenvalue weighted by Gasteiger charge is 2.35. The van der Waals surface area contributed by atoms with Gasteiger partial charge in [0.15, 0.2) is 0 Å². The molecule has 2 atom stereocenters. The van der Waals surface area contributed by atoms with Gasteiger partial charge in [-0.1, -0.05) is 0 Å². The van der Waals surface area contributed by atoms with Crippen molar-refractivity contribution in [3.63, 3.8) is 0 Å². The number of benzene rings is 1. The fraction of sp³-hybridized carbons (Fsp3) is 0.250. The molecule has 0 bridgehead atoms. The molecule has 8 nitrogen and oxygen atoms in total. The van der Waals surface area contributed by atoms with Crippen LogP contribution in [0.5, 0.6) is 0 Å². The molecule has 1 fully saturated rings. The van der Waals surface area contributed by atoms with Gasteiger partial charge in [-0.15, -0.1) is 0 Å². The molecule has 2 N–H and O–H groups in total. The van der Waals surface area contributed by atoms with Gasteiger partial charge in [0.1, 0.15) is 23.6 Å². The predicted molar refractivity (Wildman–Crippen MR) is 82.1 cm³/mol. The zero-order valence-corrected chi connectivity index (χ0v) is 12.8. The normalized spacial score (nSPS) is 19.6. The number of carbonyl (C=O) groups excluding carboxylic acids is 2. The average Bonchev–Trinajstić information content (AvgIpc) is 3.09. The summed E-state index contributed by atoms with van der Waals surface area (Å²) in [5.74, 6) is -0.917. The summed E-state index contributed by atoms with van der Waals surface area (Å²) in [6.45, 7) is 1.74. The van der Waals surface area contributed by atoms with Crippen LogP contribution in [0.15, 0.2) is 30.5 Å². The minimum Gasteiger partial charge on any atom is -0.460 e. The number of nitrogens with zero attached hydrogens (tertiary/aromatic N) is 3. The van der Waals surface area contributed by atoms with Crippen molar-refractivity contribution in [2.75, 3.05) is 5.73 Å². The van der Waals surface area contributed by atoms with Crippen molar-refractivity contribution < 1.29 is 19.1 Å². The standard InChI is InChI=1S/C16H14N4O4/c1-9-6-13(16(22)23-9)24-15(21)10-2-4-12(5-3-10)20-14(18)11(7-17)8-19-20/h2-5,8-9,13H,6,18H2,1H3/t9-,13+/m1/s1. The first kappa shape index (κ1) is 15.6. The number of esters is 2. The molecule has 24 heavy (non-hydrogen) atoms. The van der Waals surface area contributed by atoms with E-state index in [4.69, 9.17) is 20.5 Å². The van der Waals surface area contributed by atoms with Crippen LogP contribution in [0.25, 0.3) is 5.69 Å². The first-order valence-electron chi connectivity index (χ1n) is 7.25. The van der Waals surface area contributed by atoms with E-state index in [1.54, 1.807) is 19.1 Å². The molecule has 122 valence electrons. The summed E-state index contributed by atoms with van der Waals surface area (Å²) in [4.78, 5) is 23.6. The van der Waals surface area contributed by atoms with Gasteiger partial charge in [0.2, 0.25) is 6.10 Å². The summed E-state index contributed by atoms with van der Waals surface area (Å²) < 4.78 is 11.5. The van der Waals surface area contributed by atoms with Crippen LogP contribution in [0.3, 0.4) is 0 Å². The maximum Gasteiger partial charge on any atom is 0.347 e. The number of cyclic esters (lactones) is 1. The number of hydrogen-bond donors (Lipinski definition) is 1. The molecule has 1 aliphatic heterocycles. The van der Waals surface area contributed by atoms with E-state index in [-0.39, 0.29) is 23.0 Å². The second kappa shape index (κ2) is 6.04. The molecule has 0 unspecified atom stereocenters. The lowest BCUT2D eigenvalue weighted by molar-refractivity contribution is -0.147. The van der Waals surface area contributed by atoms with Crippen LogP contribution in [-0.4, -0.2) is 33.9 Å². The average molecular weight is 326 g/mol. The Labute approximate surface area is 137 Å². The monoisotopic (exact) mass is 326 g/mol. The van der Waals surface area contributed by atoms with Crippen LogP contribution in [-0.2, 0) is 14.3 Å². The number of aromatic nitrogens is 2. The highest BCUT2D eigenvalue weighted by Crippen LogP contribution is 2.20. The molecule has 2 aromatic rings. The molecule has 0 amide bonds. The largest absolute Gasteiger partial charge is 0.460 e. The Morgan fingerprint density at radius 1 is 1.46 bits per heavy atom.